The zero-order valence-corrected chi connectivity index (χ0v) is 14.1. The van der Waals surface area contributed by atoms with Crippen LogP contribution in [0.2, 0.25) is 0 Å². The Morgan fingerprint density at radius 2 is 1.95 bits per heavy atom. The maximum atomic E-state index is 12.4. The molecule has 0 unspecified atom stereocenters. The first-order valence-electron chi connectivity index (χ1n) is 6.96. The Morgan fingerprint density at radius 3 is 2.50 bits per heavy atom. The molecule has 0 fully saturated rings. The zero-order valence-electron chi connectivity index (χ0n) is 13.3. The predicted molar refractivity (Wildman–Crippen MR) is 85.8 cm³/mol. The third-order valence-corrected chi connectivity index (χ3v) is 4.38. The van der Waals surface area contributed by atoms with E-state index in [2.05, 4.69) is 15.3 Å². The summed E-state index contributed by atoms with van der Waals surface area (Å²) in [6.07, 6.45) is 0. The van der Waals surface area contributed by atoms with Gasteiger partial charge >= 0.3 is 5.97 Å². The molecule has 1 amide bonds. The van der Waals surface area contributed by atoms with Crippen molar-refractivity contribution in [1.82, 2.24) is 9.97 Å². The van der Waals surface area contributed by atoms with Crippen molar-refractivity contribution in [3.8, 4) is 0 Å². The minimum atomic E-state index is -0.422. The van der Waals surface area contributed by atoms with Gasteiger partial charge in [0.2, 0.25) is 0 Å². The number of anilines is 1. The van der Waals surface area contributed by atoms with E-state index >= 15 is 0 Å². The van der Waals surface area contributed by atoms with E-state index in [0.717, 1.165) is 10.6 Å². The van der Waals surface area contributed by atoms with Crippen molar-refractivity contribution in [2.45, 2.75) is 34.6 Å². The van der Waals surface area contributed by atoms with Gasteiger partial charge in [0.05, 0.1) is 17.9 Å². The van der Waals surface area contributed by atoms with Crippen molar-refractivity contribution in [1.29, 1.82) is 0 Å². The number of hydrogen-bond acceptors (Lipinski definition) is 5. The van der Waals surface area contributed by atoms with Crippen molar-refractivity contribution in [2.24, 2.45) is 0 Å². The molecule has 22 heavy (non-hydrogen) atoms. The van der Waals surface area contributed by atoms with E-state index in [9.17, 15) is 9.59 Å². The molecule has 7 heteroatoms. The second-order valence-electron chi connectivity index (χ2n) is 4.96. The summed E-state index contributed by atoms with van der Waals surface area (Å²) in [5, 5.41) is 3.30. The van der Waals surface area contributed by atoms with Gasteiger partial charge in [0, 0.05) is 10.6 Å². The van der Waals surface area contributed by atoms with E-state index in [4.69, 9.17) is 4.74 Å². The number of aromatic nitrogens is 2. The first-order chi connectivity index (χ1) is 10.3. The minimum absolute atomic E-state index is 0.294. The van der Waals surface area contributed by atoms with Crippen LogP contribution >= 0.6 is 11.3 Å². The molecule has 2 aromatic rings. The maximum Gasteiger partial charge on any atom is 0.340 e. The zero-order chi connectivity index (χ0) is 16.4. The Hall–Kier alpha value is -2.15. The van der Waals surface area contributed by atoms with Gasteiger partial charge in [0.15, 0.2) is 5.13 Å². The minimum Gasteiger partial charge on any atom is -0.462 e. The second kappa shape index (κ2) is 6.31. The fourth-order valence-corrected chi connectivity index (χ4v) is 2.98. The number of aromatic amines is 1. The number of ether oxygens (including phenoxy) is 1. The van der Waals surface area contributed by atoms with Gasteiger partial charge in [0.25, 0.3) is 5.91 Å². The van der Waals surface area contributed by atoms with Crippen LogP contribution in [0.1, 0.15) is 49.6 Å². The molecule has 0 bridgehead atoms. The molecule has 2 heterocycles. The molecule has 2 N–H and O–H groups in total. The number of H-pyrrole nitrogens is 1. The predicted octanol–water partition coefficient (Wildman–Crippen LogP) is 3.13. The smallest absolute Gasteiger partial charge is 0.340 e. The average molecular weight is 321 g/mol. The highest BCUT2D eigenvalue weighted by molar-refractivity contribution is 7.15. The highest BCUT2D eigenvalue weighted by atomic mass is 32.1. The lowest BCUT2D eigenvalue weighted by molar-refractivity contribution is 0.0525. The molecule has 0 saturated carbocycles. The Balaban J connectivity index is 2.27. The van der Waals surface area contributed by atoms with Crippen molar-refractivity contribution in [3.63, 3.8) is 0 Å². The molecular formula is C15H19N3O3S. The lowest BCUT2D eigenvalue weighted by atomic mass is 10.1. The van der Waals surface area contributed by atoms with Crippen LogP contribution < -0.4 is 5.32 Å². The number of thiazole rings is 1. The number of rotatable bonds is 4. The van der Waals surface area contributed by atoms with Crippen LogP contribution in [-0.4, -0.2) is 28.5 Å². The Kier molecular flexibility index (Phi) is 4.65. The normalized spacial score (nSPS) is 10.6. The van der Waals surface area contributed by atoms with Crippen LogP contribution in [0.15, 0.2) is 0 Å². The summed E-state index contributed by atoms with van der Waals surface area (Å²) in [5.41, 5.74) is 2.86. The van der Waals surface area contributed by atoms with Gasteiger partial charge in [-0.05, 0) is 40.2 Å². The van der Waals surface area contributed by atoms with Crippen LogP contribution in [0.25, 0.3) is 0 Å². The molecule has 0 aliphatic carbocycles. The molecule has 6 nitrogen and oxygen atoms in total. The monoisotopic (exact) mass is 321 g/mol. The molecule has 0 aromatic carbocycles. The molecule has 0 atom stereocenters. The standard InChI is InChI=1S/C15H19N3O3S/c1-6-21-14(20)11-7(2)12(16-9(11)4)13(19)18-15-17-8(3)10(5)22-15/h16H,6H2,1-5H3,(H,17,18,19). The number of carbonyl (C=O) groups is 2. The average Bonchev–Trinajstić information content (AvgIpc) is 2.90. The fourth-order valence-electron chi connectivity index (χ4n) is 2.17. The van der Waals surface area contributed by atoms with Crippen LogP contribution in [0.5, 0.6) is 0 Å². The van der Waals surface area contributed by atoms with Crippen molar-refractivity contribution in [2.75, 3.05) is 11.9 Å². The van der Waals surface area contributed by atoms with Crippen LogP contribution in [-0.2, 0) is 4.74 Å². The van der Waals surface area contributed by atoms with E-state index in [1.54, 1.807) is 20.8 Å². The van der Waals surface area contributed by atoms with E-state index in [1.807, 2.05) is 13.8 Å². The van der Waals surface area contributed by atoms with Crippen molar-refractivity contribution in [3.05, 3.63) is 33.1 Å². The molecule has 0 spiro atoms. The highest BCUT2D eigenvalue weighted by Crippen LogP contribution is 2.24. The fraction of sp³-hybridized carbons (Fsp3) is 0.400. The largest absolute Gasteiger partial charge is 0.462 e. The summed E-state index contributed by atoms with van der Waals surface area (Å²) in [6, 6.07) is 0. The van der Waals surface area contributed by atoms with Gasteiger partial charge in [-0.3, -0.25) is 10.1 Å². The van der Waals surface area contributed by atoms with E-state index < -0.39 is 5.97 Å². The van der Waals surface area contributed by atoms with Gasteiger partial charge in [-0.2, -0.15) is 0 Å². The highest BCUT2D eigenvalue weighted by Gasteiger charge is 2.23. The maximum absolute atomic E-state index is 12.4. The van der Waals surface area contributed by atoms with Crippen molar-refractivity contribution >= 4 is 28.3 Å². The topological polar surface area (TPSA) is 84.1 Å². The Morgan fingerprint density at radius 1 is 1.27 bits per heavy atom. The molecule has 0 saturated heterocycles. The number of hydrogen-bond donors (Lipinski definition) is 2. The first kappa shape index (κ1) is 16.2. The van der Waals surface area contributed by atoms with Crippen LogP contribution in [0.3, 0.4) is 0 Å². The SMILES string of the molecule is CCOC(=O)c1c(C)[nH]c(C(=O)Nc2nc(C)c(C)s2)c1C. The summed E-state index contributed by atoms with van der Waals surface area (Å²) in [5.74, 6) is -0.737. The second-order valence-corrected chi connectivity index (χ2v) is 6.16. The summed E-state index contributed by atoms with van der Waals surface area (Å²) >= 11 is 1.42. The van der Waals surface area contributed by atoms with Crippen LogP contribution in [0.4, 0.5) is 5.13 Å². The van der Waals surface area contributed by atoms with Crippen molar-refractivity contribution < 1.29 is 14.3 Å². The number of amides is 1. The quantitative estimate of drug-likeness (QED) is 0.847. The van der Waals surface area contributed by atoms with Crippen LogP contribution in [0, 0.1) is 27.7 Å². The molecule has 2 aromatic heterocycles. The van der Waals surface area contributed by atoms with Gasteiger partial charge < -0.3 is 9.72 Å². The Labute approximate surface area is 132 Å². The van der Waals surface area contributed by atoms with E-state index in [1.165, 1.54) is 11.3 Å². The lowest BCUT2D eigenvalue weighted by Crippen LogP contribution is -2.14. The van der Waals surface area contributed by atoms with Gasteiger partial charge in [-0.15, -0.1) is 11.3 Å². The number of carbonyl (C=O) groups excluding carboxylic acids is 2. The molecule has 2 rings (SSSR count). The van der Waals surface area contributed by atoms with E-state index in [0.29, 0.717) is 34.3 Å². The van der Waals surface area contributed by atoms with E-state index in [-0.39, 0.29) is 5.91 Å². The third kappa shape index (κ3) is 3.04. The number of nitrogens with zero attached hydrogens (tertiary/aromatic N) is 1. The Bertz CT molecular complexity index is 711. The summed E-state index contributed by atoms with van der Waals surface area (Å²) in [7, 11) is 0. The number of esters is 1. The lowest BCUT2D eigenvalue weighted by Gasteiger charge is -2.03. The van der Waals surface area contributed by atoms with Gasteiger partial charge in [-0.1, -0.05) is 0 Å². The molecule has 0 aliphatic heterocycles. The molecule has 118 valence electrons. The third-order valence-electron chi connectivity index (χ3n) is 3.39. The summed E-state index contributed by atoms with van der Waals surface area (Å²) < 4.78 is 5.02. The van der Waals surface area contributed by atoms with Gasteiger partial charge in [-0.25, -0.2) is 9.78 Å². The summed E-state index contributed by atoms with van der Waals surface area (Å²) in [6.45, 7) is 9.35. The summed E-state index contributed by atoms with van der Waals surface area (Å²) in [4.78, 5) is 32.6. The molecule has 0 aliphatic rings. The first-order valence-corrected chi connectivity index (χ1v) is 7.78. The number of nitrogens with one attached hydrogen (secondary N) is 2. The molecular weight excluding hydrogens is 302 g/mol. The number of aryl methyl sites for hydroxylation is 3. The van der Waals surface area contributed by atoms with Gasteiger partial charge in [0.1, 0.15) is 5.69 Å². The molecule has 0 radical (unpaired) electrons.